The molecule has 1 atom stereocenters. The van der Waals surface area contributed by atoms with Gasteiger partial charge in [0.2, 0.25) is 11.8 Å². The maximum absolute atomic E-state index is 12.7. The number of esters is 1. The highest BCUT2D eigenvalue weighted by Gasteiger charge is 2.39. The Bertz CT molecular complexity index is 986. The number of nitrogens with one attached hydrogen (secondary N) is 1. The predicted octanol–water partition coefficient (Wildman–Crippen LogP) is 1.73. The van der Waals surface area contributed by atoms with Crippen molar-refractivity contribution < 1.29 is 23.9 Å². The number of ether oxygens (including phenoxy) is 1. The first kappa shape index (κ1) is 18.9. The van der Waals surface area contributed by atoms with E-state index in [0.29, 0.717) is 12.0 Å². The number of carbonyl (C=O) groups is 4. The van der Waals surface area contributed by atoms with Gasteiger partial charge in [-0.2, -0.15) is 0 Å². The Labute approximate surface area is 167 Å². The molecule has 2 aromatic rings. The van der Waals surface area contributed by atoms with Crippen LogP contribution in [0.4, 0.5) is 0 Å². The second kappa shape index (κ2) is 7.87. The van der Waals surface area contributed by atoms with Crippen molar-refractivity contribution in [1.82, 2.24) is 10.2 Å². The Kier molecular flexibility index (Phi) is 5.12. The highest BCUT2D eigenvalue weighted by Crippen LogP contribution is 2.28. The molecule has 0 spiro atoms. The molecule has 1 N–H and O–H groups in total. The normalized spacial score (nSPS) is 18.4. The standard InChI is InChI=1S/C22H20N2O5/c25-19-9-8-18(21(27)23-19)24-12-16-10-15(6-7-17(16)22(24)28)11-20(26)29-13-14-4-2-1-3-5-14/h1-7,10,18H,8-9,11-13H2,(H,23,25,27). The molecule has 1 saturated heterocycles. The van der Waals surface area contributed by atoms with Crippen LogP contribution in [0, 0.1) is 0 Å². The zero-order valence-electron chi connectivity index (χ0n) is 15.7. The number of hydrogen-bond acceptors (Lipinski definition) is 5. The maximum atomic E-state index is 12.7. The molecule has 7 heteroatoms. The Morgan fingerprint density at radius 1 is 1.07 bits per heavy atom. The lowest BCUT2D eigenvalue weighted by molar-refractivity contribution is -0.144. The van der Waals surface area contributed by atoms with E-state index in [9.17, 15) is 19.2 Å². The average molecular weight is 392 g/mol. The lowest BCUT2D eigenvalue weighted by atomic mass is 10.0. The van der Waals surface area contributed by atoms with Gasteiger partial charge >= 0.3 is 5.97 Å². The number of nitrogens with zero attached hydrogens (tertiary/aromatic N) is 1. The molecule has 2 aromatic carbocycles. The molecule has 0 saturated carbocycles. The molecule has 1 unspecified atom stereocenters. The first-order chi connectivity index (χ1) is 14.0. The first-order valence-corrected chi connectivity index (χ1v) is 9.47. The molecule has 4 rings (SSSR count). The second-order valence-corrected chi connectivity index (χ2v) is 7.21. The summed E-state index contributed by atoms with van der Waals surface area (Å²) in [6.07, 6.45) is 0.644. The van der Waals surface area contributed by atoms with Gasteiger partial charge in [-0.3, -0.25) is 24.5 Å². The molecule has 148 valence electrons. The molecule has 2 aliphatic rings. The number of carbonyl (C=O) groups excluding carboxylic acids is 4. The Balaban J connectivity index is 1.40. The number of rotatable bonds is 5. The number of fused-ring (bicyclic) bond motifs is 1. The molecular formula is C22H20N2O5. The van der Waals surface area contributed by atoms with Crippen LogP contribution in [-0.2, 0) is 38.7 Å². The van der Waals surface area contributed by atoms with Crippen LogP contribution >= 0.6 is 0 Å². The fraction of sp³-hybridized carbons (Fsp3) is 0.273. The van der Waals surface area contributed by atoms with E-state index in [4.69, 9.17) is 4.74 Å². The van der Waals surface area contributed by atoms with E-state index in [1.165, 1.54) is 4.90 Å². The van der Waals surface area contributed by atoms with Crippen LogP contribution in [0.2, 0.25) is 0 Å². The summed E-state index contributed by atoms with van der Waals surface area (Å²) in [7, 11) is 0. The van der Waals surface area contributed by atoms with Gasteiger partial charge in [-0.05, 0) is 29.2 Å². The highest BCUT2D eigenvalue weighted by molar-refractivity contribution is 6.05. The molecule has 0 aliphatic carbocycles. The Morgan fingerprint density at radius 3 is 2.62 bits per heavy atom. The zero-order chi connectivity index (χ0) is 20.4. The number of hydrogen-bond donors (Lipinski definition) is 1. The third kappa shape index (κ3) is 4.03. The fourth-order valence-corrected chi connectivity index (χ4v) is 3.69. The summed E-state index contributed by atoms with van der Waals surface area (Å²) in [6.45, 7) is 0.500. The van der Waals surface area contributed by atoms with Crippen molar-refractivity contribution in [2.45, 2.75) is 38.5 Å². The average Bonchev–Trinajstić information content (AvgIpc) is 3.03. The van der Waals surface area contributed by atoms with E-state index in [0.717, 1.165) is 16.7 Å². The van der Waals surface area contributed by atoms with E-state index in [1.807, 2.05) is 36.4 Å². The van der Waals surface area contributed by atoms with Crippen LogP contribution in [0.15, 0.2) is 48.5 Å². The molecule has 1 fully saturated rings. The summed E-state index contributed by atoms with van der Waals surface area (Å²) in [5.74, 6) is -1.33. The van der Waals surface area contributed by atoms with Crippen molar-refractivity contribution in [1.29, 1.82) is 0 Å². The van der Waals surface area contributed by atoms with Crippen LogP contribution in [0.5, 0.6) is 0 Å². The second-order valence-electron chi connectivity index (χ2n) is 7.21. The molecule has 2 heterocycles. The van der Waals surface area contributed by atoms with Gasteiger partial charge < -0.3 is 9.64 Å². The van der Waals surface area contributed by atoms with E-state index < -0.39 is 11.9 Å². The lowest BCUT2D eigenvalue weighted by Crippen LogP contribution is -2.52. The minimum absolute atomic E-state index is 0.104. The quantitative estimate of drug-likeness (QED) is 0.618. The van der Waals surface area contributed by atoms with Gasteiger partial charge in [-0.15, -0.1) is 0 Å². The zero-order valence-corrected chi connectivity index (χ0v) is 15.7. The van der Waals surface area contributed by atoms with Crippen LogP contribution in [0.25, 0.3) is 0 Å². The van der Waals surface area contributed by atoms with Gasteiger partial charge in [0, 0.05) is 18.5 Å². The van der Waals surface area contributed by atoms with E-state index in [1.54, 1.807) is 12.1 Å². The van der Waals surface area contributed by atoms with Gasteiger partial charge in [0.15, 0.2) is 0 Å². The monoisotopic (exact) mass is 392 g/mol. The van der Waals surface area contributed by atoms with Gasteiger partial charge in [0.05, 0.1) is 6.42 Å². The van der Waals surface area contributed by atoms with Crippen LogP contribution in [0.3, 0.4) is 0 Å². The van der Waals surface area contributed by atoms with Crippen molar-refractivity contribution in [2.24, 2.45) is 0 Å². The maximum Gasteiger partial charge on any atom is 0.310 e. The van der Waals surface area contributed by atoms with Crippen molar-refractivity contribution in [3.8, 4) is 0 Å². The van der Waals surface area contributed by atoms with Crippen molar-refractivity contribution >= 4 is 23.7 Å². The largest absolute Gasteiger partial charge is 0.461 e. The molecule has 2 aliphatic heterocycles. The molecular weight excluding hydrogens is 372 g/mol. The molecule has 7 nitrogen and oxygen atoms in total. The van der Waals surface area contributed by atoms with Crippen molar-refractivity contribution in [3.05, 3.63) is 70.8 Å². The smallest absolute Gasteiger partial charge is 0.310 e. The number of amides is 3. The van der Waals surface area contributed by atoms with Crippen molar-refractivity contribution in [2.75, 3.05) is 0 Å². The fourth-order valence-electron chi connectivity index (χ4n) is 3.69. The van der Waals surface area contributed by atoms with Crippen LogP contribution in [-0.4, -0.2) is 34.6 Å². The van der Waals surface area contributed by atoms with Gasteiger partial charge in [-0.25, -0.2) is 0 Å². The third-order valence-electron chi connectivity index (χ3n) is 5.18. The lowest BCUT2D eigenvalue weighted by Gasteiger charge is -2.29. The minimum atomic E-state index is -0.646. The summed E-state index contributed by atoms with van der Waals surface area (Å²) < 4.78 is 5.31. The molecule has 3 amide bonds. The highest BCUT2D eigenvalue weighted by atomic mass is 16.5. The van der Waals surface area contributed by atoms with E-state index >= 15 is 0 Å². The van der Waals surface area contributed by atoms with E-state index in [2.05, 4.69) is 5.32 Å². The number of benzene rings is 2. The van der Waals surface area contributed by atoms with E-state index in [-0.39, 0.29) is 43.8 Å². The topological polar surface area (TPSA) is 92.8 Å². The summed E-state index contributed by atoms with van der Waals surface area (Å²) in [4.78, 5) is 49.8. The van der Waals surface area contributed by atoms with Gasteiger partial charge in [0.1, 0.15) is 12.6 Å². The minimum Gasteiger partial charge on any atom is -0.461 e. The molecule has 0 bridgehead atoms. The molecule has 0 radical (unpaired) electrons. The summed E-state index contributed by atoms with van der Waals surface area (Å²) in [6, 6.07) is 14.0. The molecule has 29 heavy (non-hydrogen) atoms. The Morgan fingerprint density at radius 2 is 1.86 bits per heavy atom. The van der Waals surface area contributed by atoms with Crippen molar-refractivity contribution in [3.63, 3.8) is 0 Å². The number of imide groups is 1. The summed E-state index contributed by atoms with van der Waals surface area (Å²) in [5, 5.41) is 2.29. The number of piperidine rings is 1. The summed E-state index contributed by atoms with van der Waals surface area (Å²) >= 11 is 0. The SMILES string of the molecule is O=C1CCC(N2Cc3cc(CC(=O)OCc4ccccc4)ccc3C2=O)C(=O)N1. The van der Waals surface area contributed by atoms with Crippen LogP contribution in [0.1, 0.15) is 39.9 Å². The van der Waals surface area contributed by atoms with Gasteiger partial charge in [0.25, 0.3) is 5.91 Å². The first-order valence-electron chi connectivity index (χ1n) is 9.47. The van der Waals surface area contributed by atoms with Gasteiger partial charge in [-0.1, -0.05) is 42.5 Å². The summed E-state index contributed by atoms with van der Waals surface area (Å²) in [5.41, 5.74) is 2.96. The van der Waals surface area contributed by atoms with Crippen LogP contribution < -0.4 is 5.32 Å². The predicted molar refractivity (Wildman–Crippen MR) is 102 cm³/mol. The molecule has 0 aromatic heterocycles. The Hall–Kier alpha value is -3.48. The third-order valence-corrected chi connectivity index (χ3v) is 5.18.